The van der Waals surface area contributed by atoms with Crippen LogP contribution in [0.5, 0.6) is 0 Å². The fraction of sp³-hybridized carbons (Fsp3) is 0.619. The molecule has 2 amide bonds. The Kier molecular flexibility index (Phi) is 7.40. The summed E-state index contributed by atoms with van der Waals surface area (Å²) < 4.78 is 0. The molecule has 1 aromatic rings. The smallest absolute Gasteiger partial charge is 0.253 e. The standard InChI is InChI=1S/C21H30ClN3O2.ClH/c1-4-20(2,3)25-18(26)16-9-8-15(11-17(16)22)24-19(27)21-10-6-5-7-14(21)12-23-13-21;/h8-9,11,14,23H,4-7,10,12-13H2,1-3H3,(H,24,27)(H,25,26);1H/t14-,21+;/m0./s1. The Morgan fingerprint density at radius 2 is 2.07 bits per heavy atom. The van der Waals surface area contributed by atoms with E-state index in [2.05, 4.69) is 16.0 Å². The van der Waals surface area contributed by atoms with Crippen molar-refractivity contribution in [3.05, 3.63) is 28.8 Å². The lowest BCUT2D eigenvalue weighted by molar-refractivity contribution is -0.128. The molecule has 156 valence electrons. The number of anilines is 1. The molecule has 1 saturated carbocycles. The fourth-order valence-electron chi connectivity index (χ4n) is 4.19. The van der Waals surface area contributed by atoms with Crippen LogP contribution in [-0.4, -0.2) is 30.4 Å². The molecule has 0 radical (unpaired) electrons. The van der Waals surface area contributed by atoms with E-state index < -0.39 is 0 Å². The van der Waals surface area contributed by atoms with Crippen LogP contribution >= 0.6 is 24.0 Å². The molecule has 2 aliphatic rings. The Morgan fingerprint density at radius 3 is 2.75 bits per heavy atom. The molecule has 0 spiro atoms. The van der Waals surface area contributed by atoms with Crippen LogP contribution in [0.1, 0.15) is 63.2 Å². The van der Waals surface area contributed by atoms with Crippen molar-refractivity contribution in [2.75, 3.05) is 18.4 Å². The quantitative estimate of drug-likeness (QED) is 0.651. The number of fused-ring (bicyclic) bond motifs is 1. The molecular weight excluding hydrogens is 397 g/mol. The molecule has 1 heterocycles. The third-order valence-corrected chi connectivity index (χ3v) is 6.61. The van der Waals surface area contributed by atoms with Crippen molar-refractivity contribution in [3.8, 4) is 0 Å². The molecule has 0 aromatic heterocycles. The van der Waals surface area contributed by atoms with E-state index in [0.29, 0.717) is 22.2 Å². The second-order valence-corrected chi connectivity index (χ2v) is 8.98. The van der Waals surface area contributed by atoms with Crippen LogP contribution in [0, 0.1) is 11.3 Å². The Balaban J connectivity index is 0.00000280. The Bertz CT molecular complexity index is 738. The number of amides is 2. The van der Waals surface area contributed by atoms with Crippen molar-refractivity contribution < 1.29 is 9.59 Å². The van der Waals surface area contributed by atoms with E-state index in [-0.39, 0.29) is 35.2 Å². The molecule has 3 N–H and O–H groups in total. The van der Waals surface area contributed by atoms with Gasteiger partial charge >= 0.3 is 0 Å². The van der Waals surface area contributed by atoms with Crippen LogP contribution in [0.25, 0.3) is 0 Å². The summed E-state index contributed by atoms with van der Waals surface area (Å²) >= 11 is 6.35. The lowest BCUT2D eigenvalue weighted by atomic mass is 9.67. The number of carbonyl (C=O) groups is 2. The lowest BCUT2D eigenvalue weighted by Crippen LogP contribution is -2.44. The Hall–Kier alpha value is -1.30. The third kappa shape index (κ3) is 4.64. The number of carbonyl (C=O) groups excluding carboxylic acids is 2. The van der Waals surface area contributed by atoms with Gasteiger partial charge in [-0.3, -0.25) is 9.59 Å². The minimum Gasteiger partial charge on any atom is -0.347 e. The highest BCUT2D eigenvalue weighted by Crippen LogP contribution is 2.44. The van der Waals surface area contributed by atoms with Crippen LogP contribution in [0.3, 0.4) is 0 Å². The lowest BCUT2D eigenvalue weighted by Gasteiger charge is -2.37. The van der Waals surface area contributed by atoms with Crippen molar-refractivity contribution in [2.24, 2.45) is 11.3 Å². The highest BCUT2D eigenvalue weighted by Gasteiger charge is 2.49. The first-order chi connectivity index (χ1) is 12.8. The predicted molar refractivity (Wildman–Crippen MR) is 116 cm³/mol. The zero-order chi connectivity index (χ0) is 19.7. The molecule has 3 rings (SSSR count). The van der Waals surface area contributed by atoms with Gasteiger partial charge in [0.1, 0.15) is 0 Å². The van der Waals surface area contributed by atoms with Gasteiger partial charge in [0.15, 0.2) is 0 Å². The predicted octanol–water partition coefficient (Wildman–Crippen LogP) is 4.40. The second-order valence-electron chi connectivity index (χ2n) is 8.57. The summed E-state index contributed by atoms with van der Waals surface area (Å²) in [5.74, 6) is 0.274. The summed E-state index contributed by atoms with van der Waals surface area (Å²) in [6.45, 7) is 7.63. The van der Waals surface area contributed by atoms with Gasteiger partial charge < -0.3 is 16.0 Å². The number of hydrogen-bond acceptors (Lipinski definition) is 3. The largest absolute Gasteiger partial charge is 0.347 e. The van der Waals surface area contributed by atoms with Gasteiger partial charge in [0.2, 0.25) is 5.91 Å². The molecule has 28 heavy (non-hydrogen) atoms. The maximum absolute atomic E-state index is 13.1. The van der Waals surface area contributed by atoms with E-state index in [1.165, 1.54) is 6.42 Å². The number of hydrogen-bond donors (Lipinski definition) is 3. The first kappa shape index (κ1) is 23.0. The van der Waals surface area contributed by atoms with Crippen molar-refractivity contribution in [3.63, 3.8) is 0 Å². The van der Waals surface area contributed by atoms with Gasteiger partial charge in [-0.05, 0) is 63.8 Å². The first-order valence-corrected chi connectivity index (χ1v) is 10.3. The van der Waals surface area contributed by atoms with E-state index in [1.807, 2.05) is 20.8 Å². The average Bonchev–Trinajstić information content (AvgIpc) is 3.06. The monoisotopic (exact) mass is 427 g/mol. The van der Waals surface area contributed by atoms with Crippen molar-refractivity contribution in [2.45, 2.75) is 58.4 Å². The molecule has 7 heteroatoms. The highest BCUT2D eigenvalue weighted by molar-refractivity contribution is 6.34. The SMILES string of the molecule is CCC(C)(C)NC(=O)c1ccc(NC(=O)[C@@]23CCCC[C@H]2CNC3)cc1Cl.Cl. The molecule has 1 aliphatic heterocycles. The summed E-state index contributed by atoms with van der Waals surface area (Å²) in [4.78, 5) is 25.5. The summed E-state index contributed by atoms with van der Waals surface area (Å²) in [6.07, 6.45) is 5.15. The van der Waals surface area contributed by atoms with Gasteiger partial charge in [-0.15, -0.1) is 12.4 Å². The molecular formula is C21H31Cl2N3O2. The molecule has 2 fully saturated rings. The topological polar surface area (TPSA) is 70.2 Å². The zero-order valence-corrected chi connectivity index (χ0v) is 18.4. The van der Waals surface area contributed by atoms with Gasteiger partial charge in [-0.25, -0.2) is 0 Å². The van der Waals surface area contributed by atoms with Crippen LogP contribution in [0.15, 0.2) is 18.2 Å². The van der Waals surface area contributed by atoms with Gasteiger partial charge in [-0.1, -0.05) is 31.4 Å². The van der Waals surface area contributed by atoms with E-state index in [9.17, 15) is 9.59 Å². The van der Waals surface area contributed by atoms with Gasteiger partial charge in [0.25, 0.3) is 5.91 Å². The molecule has 1 aliphatic carbocycles. The fourth-order valence-corrected chi connectivity index (χ4v) is 4.45. The van der Waals surface area contributed by atoms with Crippen LogP contribution < -0.4 is 16.0 Å². The van der Waals surface area contributed by atoms with Crippen LogP contribution in [0.4, 0.5) is 5.69 Å². The summed E-state index contributed by atoms with van der Waals surface area (Å²) in [5.41, 5.74) is 0.457. The first-order valence-electron chi connectivity index (χ1n) is 9.92. The van der Waals surface area contributed by atoms with E-state index in [4.69, 9.17) is 11.6 Å². The van der Waals surface area contributed by atoms with Crippen LogP contribution in [0.2, 0.25) is 5.02 Å². The highest BCUT2D eigenvalue weighted by atomic mass is 35.5. The summed E-state index contributed by atoms with van der Waals surface area (Å²) in [7, 11) is 0. The minimum absolute atomic E-state index is 0. The molecule has 5 nitrogen and oxygen atoms in total. The average molecular weight is 428 g/mol. The van der Waals surface area contributed by atoms with Crippen molar-refractivity contribution in [1.29, 1.82) is 0 Å². The molecule has 1 saturated heterocycles. The van der Waals surface area contributed by atoms with Crippen molar-refractivity contribution in [1.82, 2.24) is 10.6 Å². The van der Waals surface area contributed by atoms with Crippen molar-refractivity contribution >= 4 is 41.5 Å². The van der Waals surface area contributed by atoms with E-state index >= 15 is 0 Å². The van der Waals surface area contributed by atoms with Gasteiger partial charge in [0, 0.05) is 17.8 Å². The Labute approximate surface area is 178 Å². The maximum Gasteiger partial charge on any atom is 0.253 e. The van der Waals surface area contributed by atoms with Gasteiger partial charge in [0.05, 0.1) is 16.0 Å². The minimum atomic E-state index is -0.314. The number of benzene rings is 1. The number of halogens is 2. The molecule has 2 atom stereocenters. The van der Waals surface area contributed by atoms with E-state index in [0.717, 1.165) is 38.8 Å². The normalized spacial score (nSPS) is 24.1. The maximum atomic E-state index is 13.1. The van der Waals surface area contributed by atoms with E-state index in [1.54, 1.807) is 18.2 Å². The third-order valence-electron chi connectivity index (χ3n) is 6.30. The summed E-state index contributed by atoms with van der Waals surface area (Å²) in [5, 5.41) is 9.77. The van der Waals surface area contributed by atoms with Crippen LogP contribution in [-0.2, 0) is 4.79 Å². The molecule has 0 unspecified atom stereocenters. The Morgan fingerprint density at radius 1 is 1.32 bits per heavy atom. The number of rotatable bonds is 5. The molecule has 1 aromatic carbocycles. The number of nitrogens with one attached hydrogen (secondary N) is 3. The zero-order valence-electron chi connectivity index (χ0n) is 16.9. The summed E-state index contributed by atoms with van der Waals surface area (Å²) in [6, 6.07) is 5.11. The molecule has 0 bridgehead atoms. The van der Waals surface area contributed by atoms with Gasteiger partial charge in [-0.2, -0.15) is 0 Å². The second kappa shape index (κ2) is 9.02.